The molecule has 1 aliphatic heterocycles. The van der Waals surface area contributed by atoms with Gasteiger partial charge in [-0.05, 0) is 51.0 Å². The lowest BCUT2D eigenvalue weighted by atomic mass is 9.96. The number of benzene rings is 1. The maximum absolute atomic E-state index is 12.8. The van der Waals surface area contributed by atoms with Crippen molar-refractivity contribution in [1.82, 2.24) is 20.0 Å². The van der Waals surface area contributed by atoms with Crippen molar-refractivity contribution in [3.8, 4) is 5.69 Å². The zero-order chi connectivity index (χ0) is 21.1. The van der Waals surface area contributed by atoms with Crippen molar-refractivity contribution >= 4 is 11.8 Å². The summed E-state index contributed by atoms with van der Waals surface area (Å²) in [6.07, 6.45) is 3.06. The van der Waals surface area contributed by atoms with Gasteiger partial charge in [0.1, 0.15) is 0 Å². The molecule has 3 aromatic rings. The van der Waals surface area contributed by atoms with Crippen LogP contribution in [0.4, 0.5) is 0 Å². The molecule has 0 radical (unpaired) electrons. The first-order valence-electron chi connectivity index (χ1n) is 10.3. The highest BCUT2D eigenvalue weighted by Gasteiger charge is 2.30. The molecular formula is C23H26N4O3. The van der Waals surface area contributed by atoms with E-state index in [1.54, 1.807) is 17.0 Å². The van der Waals surface area contributed by atoms with E-state index >= 15 is 0 Å². The summed E-state index contributed by atoms with van der Waals surface area (Å²) in [6, 6.07) is 13.3. The van der Waals surface area contributed by atoms with Crippen LogP contribution in [0.5, 0.6) is 0 Å². The second kappa shape index (κ2) is 8.57. The number of hydrogen-bond acceptors (Lipinski definition) is 4. The maximum Gasteiger partial charge on any atom is 0.289 e. The number of hydrogen-bond donors (Lipinski definition) is 1. The molecule has 0 aliphatic carbocycles. The van der Waals surface area contributed by atoms with Crippen LogP contribution < -0.4 is 5.32 Å². The fourth-order valence-corrected chi connectivity index (χ4v) is 4.00. The number of carbonyl (C=O) groups excluding carboxylic acids is 2. The second-order valence-corrected chi connectivity index (χ2v) is 7.68. The first-order chi connectivity index (χ1) is 14.5. The highest BCUT2D eigenvalue weighted by molar-refractivity contribution is 5.92. The van der Waals surface area contributed by atoms with Gasteiger partial charge in [-0.3, -0.25) is 9.59 Å². The van der Waals surface area contributed by atoms with Crippen LogP contribution in [0.25, 0.3) is 5.69 Å². The molecule has 1 aliphatic rings. The van der Waals surface area contributed by atoms with Gasteiger partial charge in [0.2, 0.25) is 5.91 Å². The molecule has 2 aromatic heterocycles. The van der Waals surface area contributed by atoms with E-state index in [0.29, 0.717) is 25.4 Å². The van der Waals surface area contributed by atoms with Crippen LogP contribution in [-0.4, -0.2) is 39.6 Å². The average Bonchev–Trinajstić information content (AvgIpc) is 3.41. The van der Waals surface area contributed by atoms with Crippen molar-refractivity contribution in [2.45, 2.75) is 33.2 Å². The molecule has 30 heavy (non-hydrogen) atoms. The molecule has 0 bridgehead atoms. The van der Waals surface area contributed by atoms with Gasteiger partial charge in [0, 0.05) is 30.9 Å². The van der Waals surface area contributed by atoms with Crippen LogP contribution >= 0.6 is 0 Å². The van der Waals surface area contributed by atoms with Gasteiger partial charge in [-0.1, -0.05) is 18.2 Å². The van der Waals surface area contributed by atoms with E-state index in [4.69, 9.17) is 4.42 Å². The second-order valence-electron chi connectivity index (χ2n) is 7.68. The predicted molar refractivity (Wildman–Crippen MR) is 112 cm³/mol. The van der Waals surface area contributed by atoms with Crippen LogP contribution in [-0.2, 0) is 11.3 Å². The van der Waals surface area contributed by atoms with Crippen LogP contribution in [0.2, 0.25) is 0 Å². The third-order valence-corrected chi connectivity index (χ3v) is 5.69. The zero-order valence-corrected chi connectivity index (χ0v) is 17.3. The summed E-state index contributed by atoms with van der Waals surface area (Å²) >= 11 is 0. The smallest absolute Gasteiger partial charge is 0.289 e. The Kier molecular flexibility index (Phi) is 5.70. The number of carbonyl (C=O) groups is 2. The largest absolute Gasteiger partial charge is 0.459 e. The number of likely N-dealkylation sites (tertiary alicyclic amines) is 1. The van der Waals surface area contributed by atoms with Gasteiger partial charge in [0.15, 0.2) is 5.76 Å². The monoisotopic (exact) mass is 406 g/mol. The van der Waals surface area contributed by atoms with Gasteiger partial charge in [0.05, 0.1) is 23.6 Å². The van der Waals surface area contributed by atoms with Crippen molar-refractivity contribution in [3.05, 3.63) is 71.4 Å². The van der Waals surface area contributed by atoms with Crippen LogP contribution in [0.15, 0.2) is 53.1 Å². The van der Waals surface area contributed by atoms with Crippen molar-refractivity contribution in [2.75, 3.05) is 13.1 Å². The molecule has 3 heterocycles. The minimum Gasteiger partial charge on any atom is -0.459 e. The number of aromatic nitrogens is 2. The van der Waals surface area contributed by atoms with Gasteiger partial charge in [0.25, 0.3) is 5.91 Å². The van der Waals surface area contributed by atoms with E-state index in [-0.39, 0.29) is 17.7 Å². The number of aryl methyl sites for hydroxylation is 1. The Morgan fingerprint density at radius 2 is 1.97 bits per heavy atom. The summed E-state index contributed by atoms with van der Waals surface area (Å²) in [5.41, 5.74) is 3.92. The summed E-state index contributed by atoms with van der Waals surface area (Å²) in [5, 5.41) is 7.69. The molecule has 4 rings (SSSR count). The highest BCUT2D eigenvalue weighted by Crippen LogP contribution is 2.21. The van der Waals surface area contributed by atoms with Crippen molar-refractivity contribution in [3.63, 3.8) is 0 Å². The van der Waals surface area contributed by atoms with Gasteiger partial charge in [-0.25, -0.2) is 4.68 Å². The topological polar surface area (TPSA) is 80.4 Å². The van der Waals surface area contributed by atoms with E-state index < -0.39 is 0 Å². The normalized spacial score (nSPS) is 16.5. The van der Waals surface area contributed by atoms with E-state index in [1.807, 2.05) is 48.9 Å². The Morgan fingerprint density at radius 3 is 2.70 bits per heavy atom. The third-order valence-electron chi connectivity index (χ3n) is 5.69. The summed E-state index contributed by atoms with van der Waals surface area (Å²) in [6.45, 7) is 5.45. The van der Waals surface area contributed by atoms with E-state index in [1.165, 1.54) is 6.26 Å². The molecule has 1 aromatic carbocycles. The number of piperidine rings is 1. The van der Waals surface area contributed by atoms with E-state index in [2.05, 4.69) is 10.4 Å². The van der Waals surface area contributed by atoms with Crippen LogP contribution in [0.3, 0.4) is 0 Å². The standard InChI is InChI=1S/C23H26N4O3/c1-16-20(17(2)27(25-16)19-9-4-3-5-10-19)14-24-22(28)18-8-6-12-26(15-18)23(29)21-11-7-13-30-21/h3-5,7,9-11,13,18H,6,8,12,14-15H2,1-2H3,(H,24,28). The number of nitrogens with one attached hydrogen (secondary N) is 1. The van der Waals surface area contributed by atoms with Crippen LogP contribution in [0, 0.1) is 19.8 Å². The minimum atomic E-state index is -0.220. The fourth-order valence-electron chi connectivity index (χ4n) is 4.00. The summed E-state index contributed by atoms with van der Waals surface area (Å²) in [4.78, 5) is 27.1. The predicted octanol–water partition coefficient (Wildman–Crippen LogP) is 3.25. The zero-order valence-electron chi connectivity index (χ0n) is 17.3. The lowest BCUT2D eigenvalue weighted by molar-refractivity contribution is -0.126. The Hall–Kier alpha value is -3.35. The fraction of sp³-hybridized carbons (Fsp3) is 0.348. The maximum atomic E-state index is 12.8. The SMILES string of the molecule is Cc1nn(-c2ccccc2)c(C)c1CNC(=O)C1CCCN(C(=O)c2ccco2)C1. The molecule has 1 saturated heterocycles. The molecule has 1 atom stereocenters. The molecule has 156 valence electrons. The summed E-state index contributed by atoms with van der Waals surface area (Å²) in [5.74, 6) is -0.0930. The van der Waals surface area contributed by atoms with Gasteiger partial charge in [-0.2, -0.15) is 5.10 Å². The Bertz CT molecular complexity index is 1020. The number of amides is 2. The first kappa shape index (κ1) is 19.9. The molecule has 7 heteroatoms. The molecule has 0 saturated carbocycles. The quantitative estimate of drug-likeness (QED) is 0.705. The van der Waals surface area contributed by atoms with Crippen molar-refractivity contribution < 1.29 is 14.0 Å². The number of para-hydroxylation sites is 1. The van der Waals surface area contributed by atoms with Gasteiger partial charge in [-0.15, -0.1) is 0 Å². The van der Waals surface area contributed by atoms with Crippen molar-refractivity contribution in [1.29, 1.82) is 0 Å². The average molecular weight is 406 g/mol. The number of nitrogens with zero attached hydrogens (tertiary/aromatic N) is 3. The number of rotatable bonds is 5. The molecule has 1 fully saturated rings. The first-order valence-corrected chi connectivity index (χ1v) is 10.3. The molecule has 7 nitrogen and oxygen atoms in total. The minimum absolute atomic E-state index is 0.0294. The van der Waals surface area contributed by atoms with Gasteiger partial charge < -0.3 is 14.6 Å². The lowest BCUT2D eigenvalue weighted by Gasteiger charge is -2.31. The van der Waals surface area contributed by atoms with E-state index in [0.717, 1.165) is 35.5 Å². The Morgan fingerprint density at radius 1 is 1.17 bits per heavy atom. The van der Waals surface area contributed by atoms with Crippen LogP contribution in [0.1, 0.15) is 40.3 Å². The Balaban J connectivity index is 1.40. The molecule has 2 amide bonds. The molecule has 1 N–H and O–H groups in total. The third kappa shape index (κ3) is 4.01. The molecular weight excluding hydrogens is 380 g/mol. The Labute approximate surface area is 175 Å². The highest BCUT2D eigenvalue weighted by atomic mass is 16.3. The molecule has 1 unspecified atom stereocenters. The summed E-state index contributed by atoms with van der Waals surface area (Å²) < 4.78 is 7.12. The molecule has 0 spiro atoms. The van der Waals surface area contributed by atoms with Crippen molar-refractivity contribution in [2.24, 2.45) is 5.92 Å². The van der Waals surface area contributed by atoms with E-state index in [9.17, 15) is 9.59 Å². The lowest BCUT2D eigenvalue weighted by Crippen LogP contribution is -2.45. The number of furan rings is 1. The summed E-state index contributed by atoms with van der Waals surface area (Å²) in [7, 11) is 0. The van der Waals surface area contributed by atoms with Gasteiger partial charge >= 0.3 is 0 Å².